The number of nitrogens with one attached hydrogen (secondary N) is 1. The van der Waals surface area contributed by atoms with E-state index in [9.17, 15) is 4.79 Å². The monoisotopic (exact) mass is 649 g/mol. The van der Waals surface area contributed by atoms with Gasteiger partial charge < -0.3 is 25.3 Å². The Morgan fingerprint density at radius 3 is 2.60 bits per heavy atom. The molecule has 3 N–H and O–H groups in total. The number of nitrogens with two attached hydrogens (primary N) is 1. The van der Waals surface area contributed by atoms with Gasteiger partial charge in [0.05, 0.1) is 47.7 Å². The topological polar surface area (TPSA) is 121 Å². The van der Waals surface area contributed by atoms with Crippen molar-refractivity contribution < 1.29 is 9.53 Å². The van der Waals surface area contributed by atoms with Crippen LogP contribution in [0.1, 0.15) is 87.6 Å². The first-order valence-electron chi connectivity index (χ1n) is 17.4. The van der Waals surface area contributed by atoms with Crippen molar-refractivity contribution in [3.63, 3.8) is 0 Å². The number of carbonyl (C=O) groups excluding carboxylic acids is 1. The van der Waals surface area contributed by atoms with Crippen molar-refractivity contribution in [1.29, 1.82) is 0 Å². The van der Waals surface area contributed by atoms with Gasteiger partial charge in [0, 0.05) is 48.4 Å². The second-order valence-electron chi connectivity index (χ2n) is 15.3. The van der Waals surface area contributed by atoms with Gasteiger partial charge in [0.15, 0.2) is 5.88 Å². The van der Waals surface area contributed by atoms with E-state index in [4.69, 9.17) is 20.4 Å². The van der Waals surface area contributed by atoms with Gasteiger partial charge in [-0.3, -0.25) is 13.9 Å². The predicted molar refractivity (Wildman–Crippen MR) is 187 cm³/mol. The third-order valence-corrected chi connectivity index (χ3v) is 10.8. The van der Waals surface area contributed by atoms with Crippen LogP contribution in [0.2, 0.25) is 0 Å². The number of aryl methyl sites for hydroxylation is 1. The van der Waals surface area contributed by atoms with E-state index in [1.807, 2.05) is 38.5 Å². The number of carbonyl (C=O) groups is 1. The molecule has 2 saturated heterocycles. The minimum absolute atomic E-state index is 0.0113. The molecule has 2 saturated carbocycles. The van der Waals surface area contributed by atoms with Gasteiger partial charge in [-0.2, -0.15) is 5.10 Å². The first kappa shape index (κ1) is 30.9. The standard InChI is InChI=1S/C37H47N9O2/c1-21(40-27-17-39-45(20-27)37(3,4)5)30-12-10-24-13-31(44(35(24)41-30)18-23-7-8-23)34-22(2)46-32(42-34)14-26(15-33(46)48-6)36(47)43-19-25-9-11-28(43)16-29(25)38/h10,12-15,17,20-21,23,25,28-29,40H,7-9,11,16,18-19,38H2,1-6H3/t21-,25-,28+,29-/m1/s1. The van der Waals surface area contributed by atoms with E-state index < -0.39 is 0 Å². The molecule has 2 bridgehead atoms. The fourth-order valence-electron chi connectivity index (χ4n) is 7.77. The van der Waals surface area contributed by atoms with E-state index in [0.717, 1.165) is 71.8 Å². The number of pyridine rings is 2. The van der Waals surface area contributed by atoms with Gasteiger partial charge in [0.25, 0.3) is 5.91 Å². The van der Waals surface area contributed by atoms with Crippen LogP contribution >= 0.6 is 0 Å². The van der Waals surface area contributed by atoms with E-state index in [1.165, 1.54) is 12.8 Å². The lowest BCUT2D eigenvalue weighted by atomic mass is 9.76. The lowest BCUT2D eigenvalue weighted by Gasteiger charge is -2.48. The maximum atomic E-state index is 13.9. The number of ether oxygens (including phenoxy) is 1. The molecule has 4 atom stereocenters. The second-order valence-corrected chi connectivity index (χ2v) is 15.3. The molecule has 11 heteroatoms. The molecule has 4 aliphatic rings. The van der Waals surface area contributed by atoms with E-state index in [-0.39, 0.29) is 29.6 Å². The van der Waals surface area contributed by atoms with Crippen molar-refractivity contribution in [2.45, 2.75) is 96.9 Å². The zero-order valence-corrected chi connectivity index (χ0v) is 28.9. The van der Waals surface area contributed by atoms with Gasteiger partial charge >= 0.3 is 0 Å². The van der Waals surface area contributed by atoms with Gasteiger partial charge in [-0.05, 0) is 103 Å². The highest BCUT2D eigenvalue weighted by Gasteiger charge is 2.41. The highest BCUT2D eigenvalue weighted by Crippen LogP contribution is 2.39. The molecule has 4 fully saturated rings. The molecule has 7 heterocycles. The Labute approximate surface area is 281 Å². The highest BCUT2D eigenvalue weighted by atomic mass is 16.5. The SMILES string of the molecule is COc1cc(C(=O)N2C[C@H]3CC[C@H]2C[C@H]3N)cc2nc(-c3cc4ccc([C@@H](C)Nc5cnn(C(C)(C)C)c5)nc4n3CC3CC3)c(C)n12. The van der Waals surface area contributed by atoms with Gasteiger partial charge in [-0.1, -0.05) is 0 Å². The number of methoxy groups -OCH3 is 1. The molecule has 5 aromatic heterocycles. The zero-order chi connectivity index (χ0) is 33.5. The molecule has 11 nitrogen and oxygen atoms in total. The predicted octanol–water partition coefficient (Wildman–Crippen LogP) is 6.15. The average molecular weight is 650 g/mol. The van der Waals surface area contributed by atoms with Crippen LogP contribution in [0.5, 0.6) is 5.88 Å². The summed E-state index contributed by atoms with van der Waals surface area (Å²) in [5.74, 6) is 1.64. The van der Waals surface area contributed by atoms with Crippen molar-refractivity contribution >= 4 is 28.3 Å². The van der Waals surface area contributed by atoms with Crippen molar-refractivity contribution in [2.75, 3.05) is 19.0 Å². The van der Waals surface area contributed by atoms with Crippen molar-refractivity contribution in [3.8, 4) is 17.3 Å². The number of rotatable bonds is 8. The summed E-state index contributed by atoms with van der Waals surface area (Å²) in [7, 11) is 1.66. The Balaban J connectivity index is 1.15. The van der Waals surface area contributed by atoms with Crippen molar-refractivity contribution in [1.82, 2.24) is 33.6 Å². The summed E-state index contributed by atoms with van der Waals surface area (Å²) < 4.78 is 12.2. The van der Waals surface area contributed by atoms with Crippen LogP contribution in [0.4, 0.5) is 5.69 Å². The maximum Gasteiger partial charge on any atom is 0.254 e. The highest BCUT2D eigenvalue weighted by molar-refractivity contribution is 5.96. The van der Waals surface area contributed by atoms with Gasteiger partial charge in [0.1, 0.15) is 17.0 Å². The number of aromatic nitrogens is 6. The van der Waals surface area contributed by atoms with Gasteiger partial charge in [-0.15, -0.1) is 0 Å². The maximum absolute atomic E-state index is 13.9. The summed E-state index contributed by atoms with van der Waals surface area (Å²) in [4.78, 5) is 26.3. The number of fused-ring (bicyclic) bond motifs is 5. The summed E-state index contributed by atoms with van der Waals surface area (Å²) in [6, 6.07) is 10.6. The average Bonchev–Trinajstić information content (AvgIpc) is 3.47. The van der Waals surface area contributed by atoms with Crippen LogP contribution in [0.25, 0.3) is 28.1 Å². The van der Waals surface area contributed by atoms with Gasteiger partial charge in [0.2, 0.25) is 0 Å². The Morgan fingerprint density at radius 1 is 1.12 bits per heavy atom. The Kier molecular flexibility index (Phi) is 7.32. The van der Waals surface area contributed by atoms with Crippen molar-refractivity contribution in [2.24, 2.45) is 17.6 Å². The molecule has 2 aliphatic heterocycles. The van der Waals surface area contributed by atoms with Crippen LogP contribution in [0.15, 0.2) is 42.7 Å². The van der Waals surface area contributed by atoms with Crippen LogP contribution in [0.3, 0.4) is 0 Å². The quantitative estimate of drug-likeness (QED) is 0.207. The van der Waals surface area contributed by atoms with Gasteiger partial charge in [-0.25, -0.2) is 9.97 Å². The molecule has 252 valence electrons. The molecule has 5 aromatic rings. The zero-order valence-electron chi connectivity index (χ0n) is 28.9. The number of anilines is 1. The van der Waals surface area contributed by atoms with E-state index in [1.54, 1.807) is 7.11 Å². The molecular weight excluding hydrogens is 602 g/mol. The number of nitrogens with zero attached hydrogens (tertiary/aromatic N) is 7. The Hall–Kier alpha value is -4.38. The Morgan fingerprint density at radius 2 is 1.94 bits per heavy atom. The summed E-state index contributed by atoms with van der Waals surface area (Å²) >= 11 is 0. The molecule has 9 rings (SSSR count). The lowest BCUT2D eigenvalue weighted by molar-refractivity contribution is 0.0261. The van der Waals surface area contributed by atoms with E-state index in [2.05, 4.69) is 67.8 Å². The largest absolute Gasteiger partial charge is 0.482 e. The van der Waals surface area contributed by atoms with E-state index >= 15 is 0 Å². The van der Waals surface area contributed by atoms with Crippen LogP contribution in [0, 0.1) is 18.8 Å². The smallest absolute Gasteiger partial charge is 0.254 e. The summed E-state index contributed by atoms with van der Waals surface area (Å²) in [5, 5.41) is 9.23. The van der Waals surface area contributed by atoms with Crippen molar-refractivity contribution in [3.05, 3.63) is 59.7 Å². The summed E-state index contributed by atoms with van der Waals surface area (Å²) in [6.07, 6.45) is 9.37. The fraction of sp³-hybridized carbons (Fsp3) is 0.514. The fourth-order valence-corrected chi connectivity index (χ4v) is 7.77. The molecule has 0 radical (unpaired) electrons. The number of piperidine rings is 2. The number of amides is 1. The third-order valence-electron chi connectivity index (χ3n) is 10.8. The summed E-state index contributed by atoms with van der Waals surface area (Å²) in [6.45, 7) is 12.3. The molecule has 2 aliphatic carbocycles. The molecule has 48 heavy (non-hydrogen) atoms. The van der Waals surface area contributed by atoms with Crippen LogP contribution < -0.4 is 15.8 Å². The molecule has 1 amide bonds. The van der Waals surface area contributed by atoms with Crippen LogP contribution in [-0.2, 0) is 12.1 Å². The summed E-state index contributed by atoms with van der Waals surface area (Å²) in [5.41, 5.74) is 13.4. The normalized spacial score (nSPS) is 21.7. The number of imidazole rings is 1. The second kappa shape index (κ2) is 11.4. The first-order valence-corrected chi connectivity index (χ1v) is 17.4. The minimum Gasteiger partial charge on any atom is -0.482 e. The molecular formula is C37H47N9O2. The van der Waals surface area contributed by atoms with Crippen LogP contribution in [-0.4, -0.2) is 65.3 Å². The van der Waals surface area contributed by atoms with E-state index in [0.29, 0.717) is 28.9 Å². The number of hydrogen-bond donors (Lipinski definition) is 2. The minimum atomic E-state index is -0.0841. The third kappa shape index (κ3) is 5.32. The lowest BCUT2D eigenvalue weighted by Crippen LogP contribution is -2.58. The Bertz CT molecular complexity index is 2030. The first-order chi connectivity index (χ1) is 23.0. The molecule has 0 unspecified atom stereocenters. The molecule has 0 aromatic carbocycles. The number of hydrogen-bond acceptors (Lipinski definition) is 7. The molecule has 0 spiro atoms.